The van der Waals surface area contributed by atoms with Gasteiger partial charge in [0.25, 0.3) is 0 Å². The van der Waals surface area contributed by atoms with Crippen LogP contribution in [0.25, 0.3) is 0 Å². The number of hydrogen-bond acceptors (Lipinski definition) is 5. The van der Waals surface area contributed by atoms with Crippen molar-refractivity contribution in [1.82, 2.24) is 15.5 Å². The van der Waals surface area contributed by atoms with Crippen molar-refractivity contribution in [1.29, 1.82) is 0 Å². The molecule has 0 aromatic carbocycles. The second-order valence-electron chi connectivity index (χ2n) is 6.90. The summed E-state index contributed by atoms with van der Waals surface area (Å²) in [5.41, 5.74) is 0. The van der Waals surface area contributed by atoms with Crippen LogP contribution in [-0.2, 0) is 14.2 Å². The Morgan fingerprint density at radius 3 is 2.54 bits per heavy atom. The van der Waals surface area contributed by atoms with Crippen LogP contribution in [0.2, 0.25) is 0 Å². The highest BCUT2D eigenvalue weighted by molar-refractivity contribution is 14.0. The van der Waals surface area contributed by atoms with E-state index in [1.807, 2.05) is 6.92 Å². The number of aliphatic imine (C=N–C) groups is 1. The molecule has 0 atom stereocenters. The molecular formula is C19H37IN4O4. The summed E-state index contributed by atoms with van der Waals surface area (Å²) in [6.45, 7) is 9.68. The zero-order valence-electron chi connectivity index (χ0n) is 17.3. The van der Waals surface area contributed by atoms with E-state index in [9.17, 15) is 4.79 Å². The Balaban J connectivity index is 0.00000392. The predicted molar refractivity (Wildman–Crippen MR) is 121 cm³/mol. The molecule has 164 valence electrons. The van der Waals surface area contributed by atoms with Gasteiger partial charge in [-0.15, -0.1) is 24.0 Å². The Kier molecular flexibility index (Phi) is 13.6. The number of guanidine groups is 1. The third-order valence-electron chi connectivity index (χ3n) is 4.80. The van der Waals surface area contributed by atoms with Crippen LogP contribution in [0, 0.1) is 0 Å². The fourth-order valence-corrected chi connectivity index (χ4v) is 3.28. The number of amides is 1. The number of ether oxygens (including phenoxy) is 3. The van der Waals surface area contributed by atoms with Crippen LogP contribution in [0.3, 0.4) is 0 Å². The lowest BCUT2D eigenvalue weighted by Gasteiger charge is -2.32. The third kappa shape index (κ3) is 9.60. The molecule has 2 N–H and O–H groups in total. The summed E-state index contributed by atoms with van der Waals surface area (Å²) in [6, 6.07) is 0.326. The van der Waals surface area contributed by atoms with Gasteiger partial charge >= 0.3 is 6.09 Å². The number of halogens is 1. The van der Waals surface area contributed by atoms with Crippen LogP contribution in [0.15, 0.2) is 4.99 Å². The minimum atomic E-state index is -0.207. The summed E-state index contributed by atoms with van der Waals surface area (Å²) >= 11 is 0. The van der Waals surface area contributed by atoms with E-state index in [2.05, 4.69) is 22.5 Å². The summed E-state index contributed by atoms with van der Waals surface area (Å²) in [6.07, 6.45) is 4.84. The largest absolute Gasteiger partial charge is 0.450 e. The van der Waals surface area contributed by atoms with Crippen molar-refractivity contribution in [2.24, 2.45) is 4.99 Å². The molecule has 2 saturated heterocycles. The summed E-state index contributed by atoms with van der Waals surface area (Å²) in [4.78, 5) is 18.2. The van der Waals surface area contributed by atoms with Crippen LogP contribution in [0.1, 0.15) is 46.0 Å². The van der Waals surface area contributed by atoms with E-state index in [-0.39, 0.29) is 30.1 Å². The Morgan fingerprint density at radius 2 is 1.89 bits per heavy atom. The maximum absolute atomic E-state index is 11.8. The molecule has 0 aromatic rings. The quantitative estimate of drug-likeness (QED) is 0.225. The molecule has 8 nitrogen and oxygen atoms in total. The average Bonchev–Trinajstić information content (AvgIpc) is 2.69. The standard InChI is InChI=1S/C19H36N4O4.HI/c1-3-20-18(21-10-5-13-27-17-8-14-25-15-9-17)22-16-6-11-23(12-7-16)19(24)26-4-2;/h16-17H,3-15H2,1-2H3,(H2,20,21,22);1H. The van der Waals surface area contributed by atoms with Crippen molar-refractivity contribution in [2.45, 2.75) is 58.1 Å². The van der Waals surface area contributed by atoms with Crippen molar-refractivity contribution in [3.8, 4) is 0 Å². The first-order valence-electron chi connectivity index (χ1n) is 10.4. The number of nitrogens with one attached hydrogen (secondary N) is 2. The van der Waals surface area contributed by atoms with Crippen molar-refractivity contribution in [3.05, 3.63) is 0 Å². The second kappa shape index (κ2) is 15.1. The smallest absolute Gasteiger partial charge is 0.409 e. The molecule has 0 radical (unpaired) electrons. The Hall–Kier alpha value is -0.810. The van der Waals surface area contributed by atoms with Gasteiger partial charge < -0.3 is 29.7 Å². The van der Waals surface area contributed by atoms with Gasteiger partial charge in [0.2, 0.25) is 0 Å². The predicted octanol–water partition coefficient (Wildman–Crippen LogP) is 2.37. The third-order valence-corrected chi connectivity index (χ3v) is 4.80. The lowest BCUT2D eigenvalue weighted by molar-refractivity contribution is -0.0318. The van der Waals surface area contributed by atoms with Crippen molar-refractivity contribution in [3.63, 3.8) is 0 Å². The van der Waals surface area contributed by atoms with Crippen molar-refractivity contribution < 1.29 is 19.0 Å². The number of likely N-dealkylation sites (tertiary alicyclic amines) is 1. The van der Waals surface area contributed by atoms with Crippen LogP contribution in [0.4, 0.5) is 4.79 Å². The summed E-state index contributed by atoms with van der Waals surface area (Å²) in [5.74, 6) is 0.846. The Morgan fingerprint density at radius 1 is 1.18 bits per heavy atom. The zero-order valence-corrected chi connectivity index (χ0v) is 19.6. The molecular weight excluding hydrogens is 475 g/mol. The molecule has 2 aliphatic rings. The molecule has 0 unspecified atom stereocenters. The lowest BCUT2D eigenvalue weighted by atomic mass is 10.1. The highest BCUT2D eigenvalue weighted by Crippen LogP contribution is 2.12. The average molecular weight is 512 g/mol. The molecule has 2 rings (SSSR count). The molecule has 0 aromatic heterocycles. The number of piperidine rings is 1. The van der Waals surface area contributed by atoms with Gasteiger partial charge in [0, 0.05) is 52.0 Å². The van der Waals surface area contributed by atoms with Gasteiger partial charge in [0.1, 0.15) is 0 Å². The second-order valence-corrected chi connectivity index (χ2v) is 6.90. The first-order valence-corrected chi connectivity index (χ1v) is 10.4. The molecule has 28 heavy (non-hydrogen) atoms. The van der Waals surface area contributed by atoms with E-state index in [1.54, 1.807) is 4.90 Å². The normalized spacial score (nSPS) is 19.1. The summed E-state index contributed by atoms with van der Waals surface area (Å²) in [7, 11) is 0. The molecule has 2 aliphatic heterocycles. The highest BCUT2D eigenvalue weighted by atomic mass is 127. The fourth-order valence-electron chi connectivity index (χ4n) is 3.28. The molecule has 9 heteroatoms. The van der Waals surface area contributed by atoms with Gasteiger partial charge in [-0.05, 0) is 46.0 Å². The van der Waals surface area contributed by atoms with E-state index in [1.165, 1.54) is 0 Å². The first kappa shape index (κ1) is 25.2. The molecule has 0 spiro atoms. The Bertz CT molecular complexity index is 453. The number of rotatable bonds is 8. The van der Waals surface area contributed by atoms with Gasteiger partial charge in [-0.25, -0.2) is 4.79 Å². The highest BCUT2D eigenvalue weighted by Gasteiger charge is 2.24. The van der Waals surface area contributed by atoms with Crippen LogP contribution >= 0.6 is 24.0 Å². The molecule has 0 bridgehead atoms. The monoisotopic (exact) mass is 512 g/mol. The van der Waals surface area contributed by atoms with Gasteiger partial charge in [-0.1, -0.05) is 0 Å². The van der Waals surface area contributed by atoms with Gasteiger partial charge in [0.05, 0.1) is 12.7 Å². The van der Waals surface area contributed by atoms with Crippen LogP contribution < -0.4 is 10.6 Å². The Labute approximate surface area is 186 Å². The number of carbonyl (C=O) groups is 1. The summed E-state index contributed by atoms with van der Waals surface area (Å²) in [5, 5.41) is 6.79. The van der Waals surface area contributed by atoms with Crippen LogP contribution in [0.5, 0.6) is 0 Å². The minimum Gasteiger partial charge on any atom is -0.450 e. The maximum atomic E-state index is 11.8. The van der Waals surface area contributed by atoms with Gasteiger partial charge in [0.15, 0.2) is 5.96 Å². The number of nitrogens with zero attached hydrogens (tertiary/aromatic N) is 2. The topological polar surface area (TPSA) is 84.4 Å². The number of hydrogen-bond donors (Lipinski definition) is 2. The lowest BCUT2D eigenvalue weighted by Crippen LogP contribution is -2.49. The fraction of sp³-hybridized carbons (Fsp3) is 0.895. The van der Waals surface area contributed by atoms with Gasteiger partial charge in [-0.3, -0.25) is 4.99 Å². The van der Waals surface area contributed by atoms with E-state index in [4.69, 9.17) is 14.2 Å². The zero-order chi connectivity index (χ0) is 19.3. The van der Waals surface area contributed by atoms with E-state index >= 15 is 0 Å². The van der Waals surface area contributed by atoms with Crippen LogP contribution in [-0.4, -0.2) is 81.7 Å². The SMILES string of the molecule is CCNC(=NCCCOC1CCOCC1)NC1CCN(C(=O)OCC)CC1.I. The molecule has 1 amide bonds. The molecule has 0 saturated carbocycles. The van der Waals surface area contributed by atoms with E-state index < -0.39 is 0 Å². The van der Waals surface area contributed by atoms with E-state index in [0.29, 0.717) is 18.8 Å². The maximum Gasteiger partial charge on any atom is 0.409 e. The van der Waals surface area contributed by atoms with E-state index in [0.717, 1.165) is 84.1 Å². The minimum absolute atomic E-state index is 0. The van der Waals surface area contributed by atoms with Crippen molar-refractivity contribution >= 4 is 36.0 Å². The molecule has 0 aliphatic carbocycles. The molecule has 2 fully saturated rings. The number of carbonyl (C=O) groups excluding carboxylic acids is 1. The molecule has 2 heterocycles. The van der Waals surface area contributed by atoms with Crippen molar-refractivity contribution in [2.75, 3.05) is 52.6 Å². The first-order chi connectivity index (χ1) is 13.2. The van der Waals surface area contributed by atoms with Gasteiger partial charge in [-0.2, -0.15) is 0 Å². The summed E-state index contributed by atoms with van der Waals surface area (Å²) < 4.78 is 16.3.